The number of carbonyl (C=O) groups is 1. The van der Waals surface area contributed by atoms with Crippen LogP contribution in [-0.4, -0.2) is 56.0 Å². The van der Waals surface area contributed by atoms with Gasteiger partial charge in [-0.15, -0.1) is 24.0 Å². The van der Waals surface area contributed by atoms with E-state index in [0.717, 1.165) is 70.9 Å². The number of carbonyl (C=O) groups excluding carboxylic acids is 1. The van der Waals surface area contributed by atoms with Gasteiger partial charge in [0, 0.05) is 25.6 Å². The van der Waals surface area contributed by atoms with E-state index in [1.807, 2.05) is 0 Å². The number of piperidine rings is 1. The molecular formula is C17H36IN5O. The van der Waals surface area contributed by atoms with Crippen LogP contribution in [-0.2, 0) is 4.79 Å². The molecule has 1 saturated heterocycles. The zero-order valence-corrected chi connectivity index (χ0v) is 17.7. The molecule has 1 amide bonds. The average Bonchev–Trinajstić information content (AvgIpc) is 2.55. The van der Waals surface area contributed by atoms with Crippen LogP contribution < -0.4 is 16.4 Å². The number of rotatable bonds is 10. The largest absolute Gasteiger partial charge is 0.369 e. The first-order valence-corrected chi connectivity index (χ1v) is 9.21. The number of hydrogen-bond acceptors (Lipinski definition) is 3. The first-order valence-electron chi connectivity index (χ1n) is 9.21. The minimum atomic E-state index is -0.134. The number of nitrogens with zero attached hydrogens (tertiary/aromatic N) is 2. The summed E-state index contributed by atoms with van der Waals surface area (Å²) in [5.41, 5.74) is 5.36. The second-order valence-electron chi connectivity index (χ2n) is 6.27. The third-order valence-electron chi connectivity index (χ3n) is 4.31. The fourth-order valence-corrected chi connectivity index (χ4v) is 2.80. The van der Waals surface area contributed by atoms with Gasteiger partial charge in [-0.25, -0.2) is 0 Å². The molecule has 0 atom stereocenters. The van der Waals surface area contributed by atoms with Gasteiger partial charge in [0.1, 0.15) is 0 Å². The molecule has 0 aromatic carbocycles. The molecule has 1 aliphatic heterocycles. The molecule has 1 fully saturated rings. The summed E-state index contributed by atoms with van der Waals surface area (Å²) in [6.07, 6.45) is 6.45. The third kappa shape index (κ3) is 10.3. The zero-order chi connectivity index (χ0) is 16.9. The number of aliphatic imine (C=N–C) groups is 1. The number of nitrogens with two attached hydrogens (primary N) is 1. The highest BCUT2D eigenvalue weighted by molar-refractivity contribution is 14.0. The Kier molecular flexibility index (Phi) is 14.4. The quantitative estimate of drug-likeness (QED) is 0.204. The smallest absolute Gasteiger partial charge is 0.220 e. The molecule has 6 nitrogen and oxygen atoms in total. The number of hydrogen-bond donors (Lipinski definition) is 3. The maximum atomic E-state index is 11.1. The van der Waals surface area contributed by atoms with Crippen molar-refractivity contribution in [2.24, 2.45) is 16.6 Å². The molecule has 0 radical (unpaired) electrons. The molecule has 1 heterocycles. The van der Waals surface area contributed by atoms with Crippen LogP contribution in [0.4, 0.5) is 0 Å². The van der Waals surface area contributed by atoms with Crippen molar-refractivity contribution in [3.05, 3.63) is 0 Å². The number of amides is 1. The van der Waals surface area contributed by atoms with Crippen LogP contribution in [0.3, 0.4) is 0 Å². The molecule has 7 heteroatoms. The van der Waals surface area contributed by atoms with Crippen LogP contribution in [0.5, 0.6) is 0 Å². The summed E-state index contributed by atoms with van der Waals surface area (Å²) in [6, 6.07) is 0. The highest BCUT2D eigenvalue weighted by atomic mass is 127. The van der Waals surface area contributed by atoms with E-state index in [-0.39, 0.29) is 35.8 Å². The van der Waals surface area contributed by atoms with E-state index in [9.17, 15) is 4.79 Å². The lowest BCUT2D eigenvalue weighted by atomic mass is 9.96. The van der Waals surface area contributed by atoms with Crippen molar-refractivity contribution in [3.8, 4) is 0 Å². The van der Waals surface area contributed by atoms with Crippen molar-refractivity contribution < 1.29 is 4.79 Å². The molecule has 0 aliphatic carbocycles. The van der Waals surface area contributed by atoms with Crippen LogP contribution in [0.25, 0.3) is 0 Å². The van der Waals surface area contributed by atoms with Crippen molar-refractivity contribution in [1.29, 1.82) is 0 Å². The Morgan fingerprint density at radius 3 is 2.46 bits per heavy atom. The van der Waals surface area contributed by atoms with Crippen molar-refractivity contribution in [2.75, 3.05) is 39.3 Å². The first-order chi connectivity index (χ1) is 11.2. The van der Waals surface area contributed by atoms with E-state index in [0.29, 0.717) is 0 Å². The lowest BCUT2D eigenvalue weighted by molar-refractivity contribution is -0.123. The summed E-state index contributed by atoms with van der Waals surface area (Å²) in [6.45, 7) is 10.1. The van der Waals surface area contributed by atoms with Crippen molar-refractivity contribution >= 4 is 35.8 Å². The van der Waals surface area contributed by atoms with E-state index < -0.39 is 0 Å². The van der Waals surface area contributed by atoms with E-state index in [4.69, 9.17) is 5.73 Å². The Hall–Kier alpha value is -0.570. The molecule has 1 rings (SSSR count). The summed E-state index contributed by atoms with van der Waals surface area (Å²) in [4.78, 5) is 18.2. The number of guanidine groups is 1. The minimum absolute atomic E-state index is 0. The molecule has 0 bridgehead atoms. The topological polar surface area (TPSA) is 82.8 Å². The van der Waals surface area contributed by atoms with Gasteiger partial charge in [-0.3, -0.25) is 9.79 Å². The molecule has 0 spiro atoms. The van der Waals surface area contributed by atoms with E-state index >= 15 is 0 Å². The molecule has 0 unspecified atom stereocenters. The lowest BCUT2D eigenvalue weighted by Gasteiger charge is -2.30. The summed E-state index contributed by atoms with van der Waals surface area (Å²) >= 11 is 0. The van der Waals surface area contributed by atoms with E-state index in [1.54, 1.807) is 0 Å². The molecular weight excluding hydrogens is 417 g/mol. The maximum absolute atomic E-state index is 11.1. The van der Waals surface area contributed by atoms with Gasteiger partial charge in [0.2, 0.25) is 5.91 Å². The minimum Gasteiger partial charge on any atom is -0.369 e. The normalized spacial score (nSPS) is 16.5. The van der Waals surface area contributed by atoms with Crippen LogP contribution in [0.1, 0.15) is 52.4 Å². The Morgan fingerprint density at radius 2 is 1.88 bits per heavy atom. The Bertz CT molecular complexity index is 357. The molecule has 0 saturated carbocycles. The summed E-state index contributed by atoms with van der Waals surface area (Å²) < 4.78 is 0. The van der Waals surface area contributed by atoms with Gasteiger partial charge in [0.25, 0.3) is 0 Å². The van der Waals surface area contributed by atoms with Crippen LogP contribution in [0.15, 0.2) is 4.99 Å². The van der Waals surface area contributed by atoms with E-state index in [1.165, 1.54) is 12.8 Å². The molecule has 1 aliphatic rings. The standard InChI is InChI=1S/C17H35N5O.HI/c1-3-5-10-20-17(19-4-2)21-11-6-7-12-22-13-8-15(9-14-22)16(18)23;/h15H,3-14H2,1-2H3,(H2,18,23)(H2,19,20,21);1H. The third-order valence-corrected chi connectivity index (χ3v) is 4.31. The fraction of sp³-hybridized carbons (Fsp3) is 0.882. The maximum Gasteiger partial charge on any atom is 0.220 e. The molecule has 142 valence electrons. The van der Waals surface area contributed by atoms with Crippen LogP contribution in [0, 0.1) is 5.92 Å². The number of unbranched alkanes of at least 4 members (excludes halogenated alkanes) is 2. The van der Waals surface area contributed by atoms with Crippen molar-refractivity contribution in [1.82, 2.24) is 15.5 Å². The molecule has 4 N–H and O–H groups in total. The van der Waals surface area contributed by atoms with Crippen molar-refractivity contribution in [3.63, 3.8) is 0 Å². The van der Waals surface area contributed by atoms with Gasteiger partial charge in [-0.05, 0) is 58.7 Å². The Balaban J connectivity index is 0.00000529. The second kappa shape index (κ2) is 14.7. The van der Waals surface area contributed by atoms with E-state index in [2.05, 4.69) is 34.4 Å². The Labute approximate surface area is 164 Å². The predicted octanol–water partition coefficient (Wildman–Crippen LogP) is 1.94. The highest BCUT2D eigenvalue weighted by Gasteiger charge is 2.22. The lowest BCUT2D eigenvalue weighted by Crippen LogP contribution is -2.39. The highest BCUT2D eigenvalue weighted by Crippen LogP contribution is 2.16. The number of primary amides is 1. The van der Waals surface area contributed by atoms with Gasteiger partial charge in [0.05, 0.1) is 0 Å². The van der Waals surface area contributed by atoms with Gasteiger partial charge in [-0.1, -0.05) is 13.3 Å². The summed E-state index contributed by atoms with van der Waals surface area (Å²) in [7, 11) is 0. The van der Waals surface area contributed by atoms with Crippen LogP contribution >= 0.6 is 24.0 Å². The SMILES string of the molecule is CCCCNC(=NCCCCN1CCC(C(N)=O)CC1)NCC.I. The summed E-state index contributed by atoms with van der Waals surface area (Å²) in [5, 5.41) is 6.64. The number of halogens is 1. The van der Waals surface area contributed by atoms with Crippen LogP contribution in [0.2, 0.25) is 0 Å². The second-order valence-corrected chi connectivity index (χ2v) is 6.27. The summed E-state index contributed by atoms with van der Waals surface area (Å²) in [5.74, 6) is 0.890. The predicted molar refractivity (Wildman–Crippen MR) is 112 cm³/mol. The van der Waals surface area contributed by atoms with Gasteiger partial charge in [-0.2, -0.15) is 0 Å². The molecule has 0 aromatic rings. The Morgan fingerprint density at radius 1 is 1.17 bits per heavy atom. The fourth-order valence-electron chi connectivity index (χ4n) is 2.80. The molecule has 0 aromatic heterocycles. The van der Waals surface area contributed by atoms with Gasteiger partial charge < -0.3 is 21.3 Å². The monoisotopic (exact) mass is 453 g/mol. The van der Waals surface area contributed by atoms with Gasteiger partial charge >= 0.3 is 0 Å². The van der Waals surface area contributed by atoms with Gasteiger partial charge in [0.15, 0.2) is 5.96 Å². The first kappa shape index (κ1) is 23.4. The van der Waals surface area contributed by atoms with Crippen molar-refractivity contribution in [2.45, 2.75) is 52.4 Å². The molecule has 24 heavy (non-hydrogen) atoms. The number of nitrogens with one attached hydrogen (secondary N) is 2. The zero-order valence-electron chi connectivity index (χ0n) is 15.4. The number of likely N-dealkylation sites (tertiary alicyclic amines) is 1. The average molecular weight is 453 g/mol.